The Morgan fingerprint density at radius 1 is 0.761 bits per heavy atom. The van der Waals surface area contributed by atoms with Gasteiger partial charge in [-0.2, -0.15) is 4.58 Å². The summed E-state index contributed by atoms with van der Waals surface area (Å²) in [6.45, 7) is 15.4. The van der Waals surface area contributed by atoms with Crippen LogP contribution < -0.4 is 4.90 Å². The van der Waals surface area contributed by atoms with Crippen molar-refractivity contribution < 1.29 is 14.5 Å². The Morgan fingerprint density at radius 3 is 2.02 bits per heavy atom. The molecule has 248 valence electrons. The van der Waals surface area contributed by atoms with Crippen LogP contribution in [0.3, 0.4) is 0 Å². The maximum Gasteiger partial charge on any atom is 0.209 e. The summed E-state index contributed by atoms with van der Waals surface area (Å²) in [7, 11) is 0. The molecule has 0 amide bonds. The largest absolute Gasteiger partial charge is 0.387 e. The quantitative estimate of drug-likeness (QED) is 0.115. The van der Waals surface area contributed by atoms with E-state index in [-0.39, 0.29) is 16.6 Å². The smallest absolute Gasteiger partial charge is 0.209 e. The molecule has 2 aromatic rings. The van der Waals surface area contributed by atoms with Crippen LogP contribution in [-0.2, 0) is 15.6 Å². The van der Waals surface area contributed by atoms with Crippen molar-refractivity contribution in [1.82, 2.24) is 0 Å². The molecule has 1 N–H and O–H groups in total. The molecule has 0 radical (unpaired) electrons. The summed E-state index contributed by atoms with van der Waals surface area (Å²) in [6.07, 6.45) is 18.3. The van der Waals surface area contributed by atoms with Gasteiger partial charge in [-0.25, -0.2) is 0 Å². The lowest BCUT2D eigenvalue weighted by Gasteiger charge is -2.35. The normalized spacial score (nSPS) is 22.9. The van der Waals surface area contributed by atoms with Crippen molar-refractivity contribution in [2.75, 3.05) is 18.0 Å². The van der Waals surface area contributed by atoms with E-state index in [0.29, 0.717) is 5.57 Å². The minimum atomic E-state index is -0.793. The van der Waals surface area contributed by atoms with E-state index in [1.165, 1.54) is 86.7 Å². The molecule has 2 aliphatic heterocycles. The number of para-hydroxylation sites is 2. The van der Waals surface area contributed by atoms with E-state index in [2.05, 4.69) is 106 Å². The first kappa shape index (κ1) is 34.4. The number of benzene rings is 2. The van der Waals surface area contributed by atoms with Crippen LogP contribution in [0.4, 0.5) is 11.4 Å². The van der Waals surface area contributed by atoms with Gasteiger partial charge in [0.2, 0.25) is 5.69 Å². The lowest BCUT2D eigenvalue weighted by molar-refractivity contribution is -0.438. The minimum absolute atomic E-state index is 0.0602. The fourth-order valence-electron chi connectivity index (χ4n) is 8.04. The summed E-state index contributed by atoms with van der Waals surface area (Å²) in [5, 5.41) is 11.6. The Bertz CT molecular complexity index is 1480. The maximum atomic E-state index is 13.9. The summed E-state index contributed by atoms with van der Waals surface area (Å²) in [6, 6.07) is 17.3. The fourth-order valence-corrected chi connectivity index (χ4v) is 8.04. The number of Topliss-reactive ketones (excluding diaryl/α,β-unsaturated/α-hetero) is 1. The molecule has 46 heavy (non-hydrogen) atoms. The maximum absolute atomic E-state index is 13.9. The number of hydrogen-bond donors (Lipinski definition) is 1. The SMILES string of the molecule is CCCCCCCCN1C(=CC2C(=O)C(=CC3=[N+](CCCCCCCC)c4ccccc4C3(C)C)C2O)C(C)(C)c2ccccc21. The molecule has 1 saturated carbocycles. The number of anilines is 1. The summed E-state index contributed by atoms with van der Waals surface area (Å²) >= 11 is 0. The highest BCUT2D eigenvalue weighted by Crippen LogP contribution is 2.49. The van der Waals surface area contributed by atoms with Gasteiger partial charge < -0.3 is 10.0 Å². The van der Waals surface area contributed by atoms with Crippen LogP contribution >= 0.6 is 0 Å². The first-order valence-electron chi connectivity index (χ1n) is 18.4. The van der Waals surface area contributed by atoms with Crippen LogP contribution in [0, 0.1) is 5.92 Å². The van der Waals surface area contributed by atoms with Crippen LogP contribution in [0.5, 0.6) is 0 Å². The second-order valence-electron chi connectivity index (χ2n) is 15.0. The van der Waals surface area contributed by atoms with Crippen LogP contribution in [0.1, 0.15) is 130 Å². The lowest BCUT2D eigenvalue weighted by atomic mass is 9.71. The number of ketones is 1. The van der Waals surface area contributed by atoms with Gasteiger partial charge in [-0.05, 0) is 38.3 Å². The van der Waals surface area contributed by atoms with E-state index in [0.717, 1.165) is 37.3 Å². The molecular weight excluding hydrogens is 564 g/mol. The van der Waals surface area contributed by atoms with Gasteiger partial charge in [0.05, 0.1) is 17.4 Å². The van der Waals surface area contributed by atoms with Crippen LogP contribution in [0.25, 0.3) is 0 Å². The van der Waals surface area contributed by atoms with E-state index in [9.17, 15) is 9.90 Å². The standard InChI is InChI=1S/C42H59N2O2/c1-7-9-11-13-15-21-27-43-35-25-19-17-23-33(35)41(3,4)37(43)29-31-39(45)32(40(31)46)30-38-42(5,6)34-24-18-20-26-36(34)44(38)28-22-16-14-12-10-8-2/h17-20,23-26,29-31,39,45H,7-16,21-22,27-28H2,1-6H3/q+1. The van der Waals surface area contributed by atoms with Crippen LogP contribution in [0.15, 0.2) is 72.0 Å². The average Bonchev–Trinajstić information content (AvgIpc) is 3.40. The van der Waals surface area contributed by atoms with Crippen molar-refractivity contribution in [2.45, 2.75) is 136 Å². The van der Waals surface area contributed by atoms with Crippen molar-refractivity contribution in [3.05, 3.63) is 83.1 Å². The molecule has 2 unspecified atom stereocenters. The molecule has 2 atom stereocenters. The molecule has 4 nitrogen and oxygen atoms in total. The number of aliphatic hydroxyl groups is 1. The molecule has 1 aliphatic carbocycles. The molecule has 0 aromatic heterocycles. The van der Waals surface area contributed by atoms with Crippen LogP contribution in [-0.4, -0.2) is 40.4 Å². The molecule has 2 heterocycles. The first-order chi connectivity index (χ1) is 22.1. The number of carbonyl (C=O) groups is 1. The molecule has 5 rings (SSSR count). The average molecular weight is 624 g/mol. The zero-order chi connectivity index (χ0) is 32.9. The van der Waals surface area contributed by atoms with Crippen molar-refractivity contribution in [3.63, 3.8) is 0 Å². The van der Waals surface area contributed by atoms with E-state index < -0.39 is 12.0 Å². The van der Waals surface area contributed by atoms with E-state index >= 15 is 0 Å². The van der Waals surface area contributed by atoms with Gasteiger partial charge in [0.25, 0.3) is 0 Å². The number of nitrogens with zero attached hydrogens (tertiary/aromatic N) is 2. The monoisotopic (exact) mass is 623 g/mol. The third-order valence-corrected chi connectivity index (χ3v) is 10.9. The van der Waals surface area contributed by atoms with Crippen molar-refractivity contribution >= 4 is 22.9 Å². The highest BCUT2D eigenvalue weighted by Gasteiger charge is 2.50. The van der Waals surface area contributed by atoms with Gasteiger partial charge in [-0.1, -0.05) is 128 Å². The molecule has 1 fully saturated rings. The number of hydrogen-bond acceptors (Lipinski definition) is 3. The number of allylic oxidation sites excluding steroid dienone is 2. The number of fused-ring (bicyclic) bond motifs is 2. The van der Waals surface area contributed by atoms with Gasteiger partial charge in [0.15, 0.2) is 11.5 Å². The predicted octanol–water partition coefficient (Wildman–Crippen LogP) is 9.95. The van der Waals surface area contributed by atoms with Crippen LogP contribution in [0.2, 0.25) is 0 Å². The Morgan fingerprint density at radius 2 is 1.35 bits per heavy atom. The number of rotatable bonds is 16. The number of aliphatic hydroxyl groups excluding tert-OH is 1. The second-order valence-corrected chi connectivity index (χ2v) is 15.0. The highest BCUT2D eigenvalue weighted by molar-refractivity contribution is 6.14. The van der Waals surface area contributed by atoms with Crippen molar-refractivity contribution in [1.29, 1.82) is 0 Å². The summed E-state index contributed by atoms with van der Waals surface area (Å²) < 4.78 is 2.42. The zero-order valence-corrected chi connectivity index (χ0v) is 29.6. The number of unbranched alkanes of at least 4 members (excludes halogenated alkanes) is 10. The number of carbonyl (C=O) groups excluding carboxylic acids is 1. The van der Waals surface area contributed by atoms with Crippen molar-refractivity contribution in [3.8, 4) is 0 Å². The molecule has 2 aromatic carbocycles. The van der Waals surface area contributed by atoms with Gasteiger partial charge >= 0.3 is 0 Å². The van der Waals surface area contributed by atoms with Gasteiger partial charge in [-0.3, -0.25) is 4.79 Å². The highest BCUT2D eigenvalue weighted by atomic mass is 16.3. The molecule has 4 heteroatoms. The third kappa shape index (κ3) is 6.70. The van der Waals surface area contributed by atoms with Gasteiger partial charge in [-0.15, -0.1) is 0 Å². The second kappa shape index (κ2) is 14.8. The van der Waals surface area contributed by atoms with Crippen molar-refractivity contribution in [2.24, 2.45) is 5.92 Å². The first-order valence-corrected chi connectivity index (χ1v) is 18.4. The van der Waals surface area contributed by atoms with Gasteiger partial charge in [0.1, 0.15) is 6.54 Å². The molecule has 0 bridgehead atoms. The van der Waals surface area contributed by atoms with Gasteiger partial charge in [0, 0.05) is 53.0 Å². The Kier molecular flexibility index (Phi) is 11.1. The van der Waals surface area contributed by atoms with E-state index in [1.54, 1.807) is 0 Å². The lowest BCUT2D eigenvalue weighted by Crippen LogP contribution is -2.46. The molecule has 0 spiro atoms. The Balaban J connectivity index is 1.39. The molecular formula is C42H59N2O2+. The van der Waals surface area contributed by atoms with E-state index in [1.807, 2.05) is 6.08 Å². The molecule has 3 aliphatic rings. The fraction of sp³-hybridized carbons (Fsp3) is 0.571. The summed E-state index contributed by atoms with van der Waals surface area (Å²) in [5.41, 5.74) is 7.47. The Labute approximate surface area is 279 Å². The minimum Gasteiger partial charge on any atom is -0.387 e. The predicted molar refractivity (Wildman–Crippen MR) is 193 cm³/mol. The zero-order valence-electron chi connectivity index (χ0n) is 29.6. The molecule has 0 saturated heterocycles. The summed E-state index contributed by atoms with van der Waals surface area (Å²) in [5.74, 6) is -0.452. The summed E-state index contributed by atoms with van der Waals surface area (Å²) in [4.78, 5) is 16.4. The van der Waals surface area contributed by atoms with E-state index in [4.69, 9.17) is 0 Å². The third-order valence-electron chi connectivity index (χ3n) is 10.9. The Hall–Kier alpha value is -2.98. The topological polar surface area (TPSA) is 43.5 Å².